The van der Waals surface area contributed by atoms with E-state index < -0.39 is 13.9 Å². The van der Waals surface area contributed by atoms with Crippen molar-refractivity contribution in [3.63, 3.8) is 0 Å². The van der Waals surface area contributed by atoms with E-state index in [1.807, 2.05) is 0 Å². The third-order valence-electron chi connectivity index (χ3n) is 1.44. The molecule has 0 aromatic heterocycles. The summed E-state index contributed by atoms with van der Waals surface area (Å²) in [5.41, 5.74) is 0. The highest BCUT2D eigenvalue weighted by Crippen LogP contribution is 2.43. The summed E-state index contributed by atoms with van der Waals surface area (Å²) in [6.07, 6.45) is -0.815. The maximum Gasteiger partial charge on any atom is 0.527 e. The summed E-state index contributed by atoms with van der Waals surface area (Å²) in [5.74, 6) is 0.244. The lowest BCUT2D eigenvalue weighted by Crippen LogP contribution is -2.10. The van der Waals surface area contributed by atoms with Gasteiger partial charge in [0.2, 0.25) is 0 Å². The minimum Gasteiger partial charge on any atom is -0.404 e. The molecular formula is C9H13O5P. The molecule has 0 radical (unpaired) electrons. The van der Waals surface area contributed by atoms with Gasteiger partial charge in [-0.2, -0.15) is 0 Å². The number of hydrogen-bond acceptors (Lipinski definition) is 4. The molecule has 0 saturated carbocycles. The second-order valence-electron chi connectivity index (χ2n) is 3.02. The van der Waals surface area contributed by atoms with Crippen LogP contribution in [0.1, 0.15) is 6.92 Å². The zero-order valence-electron chi connectivity index (χ0n) is 8.24. The van der Waals surface area contributed by atoms with E-state index in [9.17, 15) is 9.46 Å². The molecule has 0 aliphatic carbocycles. The molecule has 0 aliphatic rings. The summed E-state index contributed by atoms with van der Waals surface area (Å²) < 4.78 is 20.6. The summed E-state index contributed by atoms with van der Waals surface area (Å²) in [5, 5.41) is 8.87. The molecule has 0 aliphatic heterocycles. The Kier molecular flexibility index (Phi) is 4.29. The van der Waals surface area contributed by atoms with Crippen LogP contribution in [0.15, 0.2) is 30.3 Å². The van der Waals surface area contributed by atoms with E-state index in [-0.39, 0.29) is 12.4 Å². The van der Waals surface area contributed by atoms with E-state index >= 15 is 0 Å². The van der Waals surface area contributed by atoms with E-state index in [0.29, 0.717) is 0 Å². The lowest BCUT2D eigenvalue weighted by Gasteiger charge is -2.13. The Morgan fingerprint density at radius 2 is 2.00 bits per heavy atom. The van der Waals surface area contributed by atoms with Crippen LogP contribution in [0.4, 0.5) is 0 Å². The Balaban J connectivity index is 2.53. The van der Waals surface area contributed by atoms with Crippen molar-refractivity contribution in [2.75, 3.05) is 6.61 Å². The third kappa shape index (κ3) is 4.95. The van der Waals surface area contributed by atoms with Gasteiger partial charge in [-0.1, -0.05) is 18.2 Å². The molecule has 0 bridgehead atoms. The van der Waals surface area contributed by atoms with Crippen LogP contribution in [0.2, 0.25) is 0 Å². The van der Waals surface area contributed by atoms with Crippen molar-refractivity contribution in [1.29, 1.82) is 0 Å². The number of rotatable bonds is 5. The smallest absolute Gasteiger partial charge is 0.404 e. The van der Waals surface area contributed by atoms with Gasteiger partial charge in [0, 0.05) is 0 Å². The predicted molar refractivity (Wildman–Crippen MR) is 54.5 cm³/mol. The molecule has 2 N–H and O–H groups in total. The minimum absolute atomic E-state index is 0.244. The topological polar surface area (TPSA) is 76.0 Å². The maximum atomic E-state index is 11.3. The lowest BCUT2D eigenvalue weighted by atomic mass is 10.3. The molecular weight excluding hydrogens is 219 g/mol. The number of benzene rings is 1. The van der Waals surface area contributed by atoms with Crippen molar-refractivity contribution in [3.8, 4) is 5.75 Å². The number of aliphatic hydroxyl groups is 1. The average molecular weight is 232 g/mol. The van der Waals surface area contributed by atoms with E-state index in [4.69, 9.17) is 9.63 Å². The third-order valence-corrected chi connectivity index (χ3v) is 2.36. The van der Waals surface area contributed by atoms with Gasteiger partial charge in [0.15, 0.2) is 0 Å². The van der Waals surface area contributed by atoms with Crippen molar-refractivity contribution in [2.45, 2.75) is 13.0 Å². The minimum atomic E-state index is -4.13. The van der Waals surface area contributed by atoms with Crippen molar-refractivity contribution in [2.24, 2.45) is 0 Å². The lowest BCUT2D eigenvalue weighted by molar-refractivity contribution is 0.0991. The highest BCUT2D eigenvalue weighted by atomic mass is 31.2. The predicted octanol–water partition coefficient (Wildman–Crippen LogP) is 1.56. The molecule has 2 atom stereocenters. The van der Waals surface area contributed by atoms with Crippen molar-refractivity contribution < 1.29 is 23.6 Å². The van der Waals surface area contributed by atoms with Crippen LogP contribution in [0.5, 0.6) is 5.75 Å². The first-order chi connectivity index (χ1) is 6.99. The monoisotopic (exact) mass is 232 g/mol. The van der Waals surface area contributed by atoms with Gasteiger partial charge in [-0.15, -0.1) is 0 Å². The van der Waals surface area contributed by atoms with E-state index in [0.717, 1.165) is 0 Å². The second kappa shape index (κ2) is 5.28. The zero-order valence-corrected chi connectivity index (χ0v) is 9.13. The number of phosphoric acid groups is 1. The van der Waals surface area contributed by atoms with Gasteiger partial charge in [-0.05, 0) is 19.1 Å². The molecule has 0 spiro atoms. The van der Waals surface area contributed by atoms with Crippen LogP contribution in [0.3, 0.4) is 0 Å². The van der Waals surface area contributed by atoms with Crippen LogP contribution in [0.25, 0.3) is 0 Å². The van der Waals surface area contributed by atoms with Crippen LogP contribution in [-0.2, 0) is 9.09 Å². The molecule has 0 amide bonds. The molecule has 1 aromatic carbocycles. The molecule has 1 rings (SSSR count). The molecule has 0 fully saturated rings. The van der Waals surface area contributed by atoms with Crippen LogP contribution >= 0.6 is 7.82 Å². The van der Waals surface area contributed by atoms with Gasteiger partial charge in [-0.25, -0.2) is 4.57 Å². The molecule has 6 heteroatoms. The highest BCUT2D eigenvalue weighted by molar-refractivity contribution is 7.47. The summed E-state index contributed by atoms with van der Waals surface area (Å²) in [6.45, 7) is 1.20. The van der Waals surface area contributed by atoms with Crippen molar-refractivity contribution in [3.05, 3.63) is 30.3 Å². The largest absolute Gasteiger partial charge is 0.527 e. The first-order valence-electron chi connectivity index (χ1n) is 4.40. The highest BCUT2D eigenvalue weighted by Gasteiger charge is 2.23. The summed E-state index contributed by atoms with van der Waals surface area (Å²) in [7, 11) is -4.13. The first kappa shape index (κ1) is 12.2. The maximum absolute atomic E-state index is 11.3. The molecule has 84 valence electrons. The summed E-state index contributed by atoms with van der Waals surface area (Å²) in [4.78, 5) is 9.22. The van der Waals surface area contributed by atoms with E-state index in [2.05, 4.69) is 4.52 Å². The van der Waals surface area contributed by atoms with Crippen LogP contribution < -0.4 is 4.52 Å². The van der Waals surface area contributed by atoms with Gasteiger partial charge < -0.3 is 9.63 Å². The van der Waals surface area contributed by atoms with Crippen molar-refractivity contribution in [1.82, 2.24) is 0 Å². The molecule has 0 saturated heterocycles. The first-order valence-corrected chi connectivity index (χ1v) is 5.89. The zero-order chi connectivity index (χ0) is 11.3. The van der Waals surface area contributed by atoms with E-state index in [1.165, 1.54) is 19.1 Å². The summed E-state index contributed by atoms with van der Waals surface area (Å²) in [6, 6.07) is 8.17. The Hall–Kier alpha value is -0.870. The number of aliphatic hydroxyl groups excluding tert-OH is 1. The Morgan fingerprint density at radius 1 is 1.40 bits per heavy atom. The Labute approximate surface area is 87.9 Å². The van der Waals surface area contributed by atoms with Gasteiger partial charge in [-0.3, -0.25) is 9.42 Å². The Morgan fingerprint density at radius 3 is 2.53 bits per heavy atom. The number of phosphoric ester groups is 1. The number of para-hydroxylation sites is 1. The molecule has 15 heavy (non-hydrogen) atoms. The van der Waals surface area contributed by atoms with E-state index in [1.54, 1.807) is 18.2 Å². The standard InChI is InChI=1S/C9H13O5P/c1-8(10)7-13-15(11,12)14-9-5-3-2-4-6-9/h2-6,8,10H,7H2,1H3,(H,11,12). The summed E-state index contributed by atoms with van der Waals surface area (Å²) >= 11 is 0. The SMILES string of the molecule is CC(O)COP(=O)(O)Oc1ccccc1. The van der Waals surface area contributed by atoms with Crippen molar-refractivity contribution >= 4 is 7.82 Å². The molecule has 1 aromatic rings. The fourth-order valence-corrected chi connectivity index (χ4v) is 1.69. The van der Waals surface area contributed by atoms with Gasteiger partial charge in [0.25, 0.3) is 0 Å². The fourth-order valence-electron chi connectivity index (χ4n) is 0.843. The van der Waals surface area contributed by atoms with Crippen LogP contribution in [-0.4, -0.2) is 22.7 Å². The second-order valence-corrected chi connectivity index (χ2v) is 4.40. The molecule has 2 unspecified atom stereocenters. The van der Waals surface area contributed by atoms with Gasteiger partial charge >= 0.3 is 7.82 Å². The fraction of sp³-hybridized carbons (Fsp3) is 0.333. The Bertz CT molecular complexity index is 338. The molecule has 0 heterocycles. The quantitative estimate of drug-likeness (QED) is 0.753. The normalized spacial score (nSPS) is 16.7. The van der Waals surface area contributed by atoms with Gasteiger partial charge in [0.1, 0.15) is 5.75 Å². The average Bonchev–Trinajstić information content (AvgIpc) is 2.16. The number of hydrogen-bond donors (Lipinski definition) is 2. The van der Waals surface area contributed by atoms with Gasteiger partial charge in [0.05, 0.1) is 12.7 Å². The van der Waals surface area contributed by atoms with Crippen LogP contribution in [0, 0.1) is 0 Å². The molecule has 5 nitrogen and oxygen atoms in total.